The molecule has 1 heterocycles. The number of hydrogen-bond donors (Lipinski definition) is 1. The average Bonchev–Trinajstić information content (AvgIpc) is 2.90. The zero-order valence-corrected chi connectivity index (χ0v) is 9.95. The second kappa shape index (κ2) is 4.08. The van der Waals surface area contributed by atoms with E-state index in [1.54, 1.807) is 0 Å². The van der Waals surface area contributed by atoms with E-state index in [9.17, 15) is 0 Å². The van der Waals surface area contributed by atoms with Crippen LogP contribution in [0.15, 0.2) is 18.3 Å². The molecule has 2 fully saturated rings. The van der Waals surface area contributed by atoms with Crippen LogP contribution >= 0.6 is 0 Å². The first-order chi connectivity index (χ1) is 7.83. The summed E-state index contributed by atoms with van der Waals surface area (Å²) in [5.41, 5.74) is 1.26. The lowest BCUT2D eigenvalue weighted by Gasteiger charge is -2.22. The summed E-state index contributed by atoms with van der Waals surface area (Å²) in [6.07, 6.45) is 7.77. The lowest BCUT2D eigenvalue weighted by Crippen LogP contribution is -2.20. The van der Waals surface area contributed by atoms with Crippen molar-refractivity contribution in [3.63, 3.8) is 0 Å². The topological polar surface area (TPSA) is 24.9 Å². The van der Waals surface area contributed by atoms with Gasteiger partial charge in [-0.3, -0.25) is 0 Å². The second-order valence-corrected chi connectivity index (χ2v) is 5.48. The zero-order valence-electron chi connectivity index (χ0n) is 9.95. The molecule has 2 saturated carbocycles. The van der Waals surface area contributed by atoms with Gasteiger partial charge in [-0.05, 0) is 55.6 Å². The maximum Gasteiger partial charge on any atom is 0.128 e. The standard InChI is InChI=1S/C14H20N2/c1-10-3-2-6-15-14(10)16-9-13-8-11-4-5-12(13)7-11/h2-3,6,11-13H,4-5,7-9H2,1H3,(H,15,16). The highest BCUT2D eigenvalue weighted by atomic mass is 15.0. The van der Waals surface area contributed by atoms with E-state index in [0.29, 0.717) is 0 Å². The van der Waals surface area contributed by atoms with Crippen LogP contribution in [0, 0.1) is 24.7 Å². The Bertz CT molecular complexity index is 375. The number of hydrogen-bond acceptors (Lipinski definition) is 2. The number of fused-ring (bicyclic) bond motifs is 2. The van der Waals surface area contributed by atoms with Gasteiger partial charge in [0.05, 0.1) is 0 Å². The van der Waals surface area contributed by atoms with Gasteiger partial charge < -0.3 is 5.32 Å². The maximum absolute atomic E-state index is 4.39. The largest absolute Gasteiger partial charge is 0.370 e. The summed E-state index contributed by atoms with van der Waals surface area (Å²) >= 11 is 0. The van der Waals surface area contributed by atoms with Crippen molar-refractivity contribution < 1.29 is 0 Å². The van der Waals surface area contributed by atoms with Crippen molar-refractivity contribution in [3.05, 3.63) is 23.9 Å². The van der Waals surface area contributed by atoms with Crippen molar-refractivity contribution in [2.45, 2.75) is 32.6 Å². The van der Waals surface area contributed by atoms with Crippen LogP contribution in [0.25, 0.3) is 0 Å². The Morgan fingerprint density at radius 1 is 1.38 bits per heavy atom. The number of nitrogens with zero attached hydrogens (tertiary/aromatic N) is 1. The van der Waals surface area contributed by atoms with Crippen LogP contribution in [0.1, 0.15) is 31.2 Å². The maximum atomic E-state index is 4.39. The van der Waals surface area contributed by atoms with Gasteiger partial charge in [0.25, 0.3) is 0 Å². The van der Waals surface area contributed by atoms with E-state index in [4.69, 9.17) is 0 Å². The minimum absolute atomic E-state index is 0.903. The van der Waals surface area contributed by atoms with Crippen LogP contribution in [0.5, 0.6) is 0 Å². The van der Waals surface area contributed by atoms with E-state index in [1.165, 1.54) is 31.2 Å². The van der Waals surface area contributed by atoms with Gasteiger partial charge in [0, 0.05) is 12.7 Å². The van der Waals surface area contributed by atoms with Crippen molar-refractivity contribution in [2.24, 2.45) is 17.8 Å². The van der Waals surface area contributed by atoms with E-state index in [2.05, 4.69) is 23.3 Å². The highest BCUT2D eigenvalue weighted by Crippen LogP contribution is 2.48. The molecule has 0 spiro atoms. The Labute approximate surface area is 97.5 Å². The fraction of sp³-hybridized carbons (Fsp3) is 0.643. The summed E-state index contributed by atoms with van der Waals surface area (Å²) < 4.78 is 0. The molecule has 2 heteroatoms. The van der Waals surface area contributed by atoms with Crippen LogP contribution in [-0.4, -0.2) is 11.5 Å². The molecule has 1 aromatic heterocycles. The van der Waals surface area contributed by atoms with Crippen molar-refractivity contribution in [3.8, 4) is 0 Å². The first-order valence-electron chi connectivity index (χ1n) is 6.48. The number of pyridine rings is 1. The van der Waals surface area contributed by atoms with Crippen LogP contribution in [0.3, 0.4) is 0 Å². The van der Waals surface area contributed by atoms with Crippen LogP contribution < -0.4 is 5.32 Å². The Kier molecular flexibility index (Phi) is 2.58. The molecular formula is C14H20N2. The fourth-order valence-electron chi connectivity index (χ4n) is 3.52. The molecule has 3 atom stereocenters. The minimum Gasteiger partial charge on any atom is -0.370 e. The zero-order chi connectivity index (χ0) is 11.0. The summed E-state index contributed by atoms with van der Waals surface area (Å²) in [5.74, 6) is 4.02. The number of aryl methyl sites for hydroxylation is 1. The van der Waals surface area contributed by atoms with Gasteiger partial charge in [-0.15, -0.1) is 0 Å². The molecule has 3 rings (SSSR count). The van der Waals surface area contributed by atoms with Crippen molar-refractivity contribution in [1.82, 2.24) is 4.98 Å². The van der Waals surface area contributed by atoms with E-state index in [1.807, 2.05) is 12.3 Å². The summed E-state index contributed by atoms with van der Waals surface area (Å²) in [6, 6.07) is 4.12. The highest BCUT2D eigenvalue weighted by molar-refractivity contribution is 5.42. The average molecular weight is 216 g/mol. The molecule has 0 amide bonds. The van der Waals surface area contributed by atoms with Gasteiger partial charge in [0.15, 0.2) is 0 Å². The van der Waals surface area contributed by atoms with E-state index in [0.717, 1.165) is 30.1 Å². The third kappa shape index (κ3) is 1.81. The van der Waals surface area contributed by atoms with Gasteiger partial charge >= 0.3 is 0 Å². The molecule has 3 unspecified atom stereocenters. The van der Waals surface area contributed by atoms with Gasteiger partial charge in [-0.25, -0.2) is 4.98 Å². The first kappa shape index (κ1) is 10.1. The van der Waals surface area contributed by atoms with Crippen LogP contribution in [0.2, 0.25) is 0 Å². The third-order valence-electron chi connectivity index (χ3n) is 4.43. The number of nitrogens with one attached hydrogen (secondary N) is 1. The smallest absolute Gasteiger partial charge is 0.128 e. The van der Waals surface area contributed by atoms with Crippen molar-refractivity contribution in [1.29, 1.82) is 0 Å². The highest BCUT2D eigenvalue weighted by Gasteiger charge is 2.39. The van der Waals surface area contributed by atoms with Gasteiger partial charge in [0.2, 0.25) is 0 Å². The molecule has 2 bridgehead atoms. The predicted molar refractivity (Wildman–Crippen MR) is 66.4 cm³/mol. The molecule has 2 aliphatic rings. The number of rotatable bonds is 3. The lowest BCUT2D eigenvalue weighted by molar-refractivity contribution is 0.348. The molecule has 0 aromatic carbocycles. The number of aromatic nitrogens is 1. The normalized spacial score (nSPS) is 31.9. The molecule has 2 nitrogen and oxygen atoms in total. The second-order valence-electron chi connectivity index (χ2n) is 5.48. The molecule has 1 N–H and O–H groups in total. The van der Waals surface area contributed by atoms with Gasteiger partial charge in [-0.2, -0.15) is 0 Å². The predicted octanol–water partition coefficient (Wildman–Crippen LogP) is 3.24. The molecule has 0 saturated heterocycles. The van der Waals surface area contributed by atoms with Crippen LogP contribution in [0.4, 0.5) is 5.82 Å². The Morgan fingerprint density at radius 3 is 3.00 bits per heavy atom. The molecule has 1 aromatic rings. The Hall–Kier alpha value is -1.05. The number of anilines is 1. The Balaban J connectivity index is 1.59. The fourth-order valence-corrected chi connectivity index (χ4v) is 3.52. The summed E-state index contributed by atoms with van der Waals surface area (Å²) in [6.45, 7) is 3.25. The molecule has 2 aliphatic carbocycles. The molecule has 16 heavy (non-hydrogen) atoms. The minimum atomic E-state index is 0.903. The lowest BCUT2D eigenvalue weighted by atomic mass is 9.89. The SMILES string of the molecule is Cc1cccnc1NCC1CC2CCC1C2. The quantitative estimate of drug-likeness (QED) is 0.839. The monoisotopic (exact) mass is 216 g/mol. The van der Waals surface area contributed by atoms with Crippen molar-refractivity contribution >= 4 is 5.82 Å². The molecule has 86 valence electrons. The van der Waals surface area contributed by atoms with E-state index in [-0.39, 0.29) is 0 Å². The summed E-state index contributed by atoms with van der Waals surface area (Å²) in [4.78, 5) is 4.39. The first-order valence-corrected chi connectivity index (χ1v) is 6.48. The summed E-state index contributed by atoms with van der Waals surface area (Å²) in [5, 5.41) is 3.53. The Morgan fingerprint density at radius 2 is 2.31 bits per heavy atom. The van der Waals surface area contributed by atoms with Gasteiger partial charge in [-0.1, -0.05) is 12.5 Å². The molecule has 0 aliphatic heterocycles. The van der Waals surface area contributed by atoms with E-state index < -0.39 is 0 Å². The third-order valence-corrected chi connectivity index (χ3v) is 4.43. The molecular weight excluding hydrogens is 196 g/mol. The van der Waals surface area contributed by atoms with E-state index >= 15 is 0 Å². The summed E-state index contributed by atoms with van der Waals surface area (Å²) in [7, 11) is 0. The van der Waals surface area contributed by atoms with Crippen molar-refractivity contribution in [2.75, 3.05) is 11.9 Å². The van der Waals surface area contributed by atoms with Gasteiger partial charge in [0.1, 0.15) is 5.82 Å². The molecule has 0 radical (unpaired) electrons. The van der Waals surface area contributed by atoms with Crippen LogP contribution in [-0.2, 0) is 0 Å².